The Morgan fingerprint density at radius 1 is 1.38 bits per heavy atom. The Bertz CT molecular complexity index is 480. The second kappa shape index (κ2) is 5.27. The molecule has 0 aliphatic heterocycles. The van der Waals surface area contributed by atoms with Crippen LogP contribution in [-0.2, 0) is 6.61 Å². The topological polar surface area (TPSA) is 26.3 Å². The van der Waals surface area contributed by atoms with Crippen LogP contribution in [0.2, 0.25) is 0 Å². The largest absolute Gasteiger partial charge is 0.489 e. The molecule has 2 aromatic rings. The van der Waals surface area contributed by atoms with E-state index in [1.54, 1.807) is 17.4 Å². The highest BCUT2D eigenvalue weighted by Crippen LogP contribution is 2.22. The molecule has 0 fully saturated rings. The summed E-state index contributed by atoms with van der Waals surface area (Å²) in [5, 5.41) is 4.05. The van der Waals surface area contributed by atoms with Crippen LogP contribution >= 0.6 is 27.3 Å². The van der Waals surface area contributed by atoms with Gasteiger partial charge in [0.2, 0.25) is 0 Å². The third kappa shape index (κ3) is 2.71. The van der Waals surface area contributed by atoms with E-state index in [1.807, 2.05) is 29.0 Å². The first-order valence-electron chi connectivity index (χ1n) is 4.68. The number of hydrogen-bond acceptors (Lipinski definition) is 3. The van der Waals surface area contributed by atoms with Gasteiger partial charge in [-0.3, -0.25) is 4.79 Å². The molecule has 0 aliphatic carbocycles. The molecular formula is C12H9BrO2S. The molecule has 0 bridgehead atoms. The van der Waals surface area contributed by atoms with Crippen molar-refractivity contribution in [1.82, 2.24) is 0 Å². The smallest absolute Gasteiger partial charge is 0.151 e. The van der Waals surface area contributed by atoms with Gasteiger partial charge < -0.3 is 4.74 Å². The number of aldehydes is 1. The maximum absolute atomic E-state index is 10.7. The van der Waals surface area contributed by atoms with Gasteiger partial charge in [0.25, 0.3) is 0 Å². The van der Waals surface area contributed by atoms with Crippen molar-refractivity contribution in [2.75, 3.05) is 0 Å². The highest BCUT2D eigenvalue weighted by Gasteiger charge is 2.02. The fraction of sp³-hybridized carbons (Fsp3) is 0.0833. The van der Waals surface area contributed by atoms with Gasteiger partial charge in [0.05, 0.1) is 0 Å². The molecule has 82 valence electrons. The van der Waals surface area contributed by atoms with E-state index in [0.29, 0.717) is 17.9 Å². The Morgan fingerprint density at radius 3 is 2.94 bits per heavy atom. The van der Waals surface area contributed by atoms with Gasteiger partial charge in [-0.2, -0.15) is 11.3 Å². The van der Waals surface area contributed by atoms with Crippen LogP contribution in [0.3, 0.4) is 0 Å². The molecule has 1 aromatic carbocycles. The number of hydrogen-bond donors (Lipinski definition) is 0. The lowest BCUT2D eigenvalue weighted by atomic mass is 10.2. The monoisotopic (exact) mass is 296 g/mol. The molecule has 0 N–H and O–H groups in total. The summed E-state index contributed by atoms with van der Waals surface area (Å²) in [5.74, 6) is 0.705. The molecule has 2 nitrogen and oxygen atoms in total. The fourth-order valence-corrected chi connectivity index (χ4v) is 2.24. The molecule has 4 heteroatoms. The number of carbonyl (C=O) groups is 1. The van der Waals surface area contributed by atoms with Crippen molar-refractivity contribution in [2.24, 2.45) is 0 Å². The molecule has 0 aliphatic rings. The lowest BCUT2D eigenvalue weighted by Crippen LogP contribution is -1.94. The van der Waals surface area contributed by atoms with Crippen LogP contribution in [0.15, 0.2) is 39.5 Å². The average molecular weight is 297 g/mol. The Hall–Kier alpha value is -1.13. The molecule has 0 spiro atoms. The van der Waals surface area contributed by atoms with E-state index in [2.05, 4.69) is 15.9 Å². The Kier molecular flexibility index (Phi) is 3.74. The Labute approximate surface area is 106 Å². The van der Waals surface area contributed by atoms with Crippen molar-refractivity contribution in [2.45, 2.75) is 6.61 Å². The molecule has 0 saturated heterocycles. The Morgan fingerprint density at radius 2 is 2.25 bits per heavy atom. The molecule has 0 radical (unpaired) electrons. The minimum atomic E-state index is 0.531. The maximum atomic E-state index is 10.7. The van der Waals surface area contributed by atoms with Crippen LogP contribution in [0.1, 0.15) is 15.9 Å². The van der Waals surface area contributed by atoms with Crippen molar-refractivity contribution >= 4 is 33.6 Å². The van der Waals surface area contributed by atoms with Crippen molar-refractivity contribution < 1.29 is 9.53 Å². The molecule has 1 heterocycles. The van der Waals surface area contributed by atoms with Crippen LogP contribution in [0.4, 0.5) is 0 Å². The van der Waals surface area contributed by atoms with E-state index in [9.17, 15) is 4.79 Å². The molecule has 0 atom stereocenters. The summed E-state index contributed by atoms with van der Waals surface area (Å²) >= 11 is 4.94. The van der Waals surface area contributed by atoms with E-state index in [0.717, 1.165) is 16.3 Å². The van der Waals surface area contributed by atoms with Crippen LogP contribution in [0.5, 0.6) is 5.75 Å². The van der Waals surface area contributed by atoms with Crippen molar-refractivity contribution in [3.8, 4) is 5.75 Å². The summed E-state index contributed by atoms with van der Waals surface area (Å²) in [6.07, 6.45) is 0.807. The van der Waals surface area contributed by atoms with Gasteiger partial charge in [0, 0.05) is 10.0 Å². The fourth-order valence-electron chi connectivity index (χ4n) is 1.24. The van der Waals surface area contributed by atoms with E-state index in [4.69, 9.17) is 4.74 Å². The summed E-state index contributed by atoms with van der Waals surface area (Å²) in [6, 6.07) is 7.39. The van der Waals surface area contributed by atoms with E-state index < -0.39 is 0 Å². The first-order valence-corrected chi connectivity index (χ1v) is 6.42. The SMILES string of the molecule is O=Cc1cc(OCc2ccsc2)ccc1Br. The van der Waals surface area contributed by atoms with Gasteiger partial charge in [-0.25, -0.2) is 0 Å². The average Bonchev–Trinajstić information content (AvgIpc) is 2.81. The Balaban J connectivity index is 2.07. The van der Waals surface area contributed by atoms with Crippen LogP contribution < -0.4 is 4.74 Å². The van der Waals surface area contributed by atoms with Crippen molar-refractivity contribution in [3.63, 3.8) is 0 Å². The summed E-state index contributed by atoms with van der Waals surface area (Å²) in [5.41, 5.74) is 1.74. The summed E-state index contributed by atoms with van der Waals surface area (Å²) in [6.45, 7) is 0.531. The first-order chi connectivity index (χ1) is 7.79. The van der Waals surface area contributed by atoms with Crippen LogP contribution in [0.25, 0.3) is 0 Å². The lowest BCUT2D eigenvalue weighted by molar-refractivity contribution is 0.112. The van der Waals surface area contributed by atoms with Crippen molar-refractivity contribution in [1.29, 1.82) is 0 Å². The number of benzene rings is 1. The number of carbonyl (C=O) groups excluding carboxylic acids is 1. The molecule has 0 amide bonds. The quantitative estimate of drug-likeness (QED) is 0.800. The summed E-state index contributed by atoms with van der Waals surface area (Å²) < 4.78 is 6.36. The maximum Gasteiger partial charge on any atom is 0.151 e. The summed E-state index contributed by atoms with van der Waals surface area (Å²) in [4.78, 5) is 10.7. The van der Waals surface area contributed by atoms with Crippen LogP contribution in [-0.4, -0.2) is 6.29 Å². The first kappa shape index (κ1) is 11.4. The van der Waals surface area contributed by atoms with E-state index in [-0.39, 0.29) is 0 Å². The number of halogens is 1. The second-order valence-corrected chi connectivity index (χ2v) is 4.86. The zero-order chi connectivity index (χ0) is 11.4. The minimum absolute atomic E-state index is 0.531. The third-order valence-electron chi connectivity index (χ3n) is 2.08. The highest BCUT2D eigenvalue weighted by atomic mass is 79.9. The third-order valence-corrected chi connectivity index (χ3v) is 3.53. The molecular weight excluding hydrogens is 288 g/mol. The van der Waals surface area contributed by atoms with Crippen molar-refractivity contribution in [3.05, 3.63) is 50.6 Å². The van der Waals surface area contributed by atoms with Gasteiger partial charge in [-0.15, -0.1) is 0 Å². The number of rotatable bonds is 4. The normalized spacial score (nSPS) is 10.1. The van der Waals surface area contributed by atoms with Gasteiger partial charge in [-0.1, -0.05) is 15.9 Å². The van der Waals surface area contributed by atoms with Crippen LogP contribution in [0, 0.1) is 0 Å². The van der Waals surface area contributed by atoms with Gasteiger partial charge >= 0.3 is 0 Å². The zero-order valence-corrected chi connectivity index (χ0v) is 10.8. The summed E-state index contributed by atoms with van der Waals surface area (Å²) in [7, 11) is 0. The molecule has 1 aromatic heterocycles. The molecule has 0 saturated carbocycles. The zero-order valence-electron chi connectivity index (χ0n) is 8.35. The van der Waals surface area contributed by atoms with Gasteiger partial charge in [-0.05, 0) is 40.6 Å². The van der Waals surface area contributed by atoms with E-state index >= 15 is 0 Å². The predicted octanol–water partition coefficient (Wildman–Crippen LogP) is 3.90. The minimum Gasteiger partial charge on any atom is -0.489 e. The second-order valence-electron chi connectivity index (χ2n) is 3.22. The highest BCUT2D eigenvalue weighted by molar-refractivity contribution is 9.10. The molecule has 0 unspecified atom stereocenters. The number of ether oxygens (including phenoxy) is 1. The van der Waals surface area contributed by atoms with Gasteiger partial charge in [0.1, 0.15) is 12.4 Å². The number of thiophene rings is 1. The van der Waals surface area contributed by atoms with Gasteiger partial charge in [0.15, 0.2) is 6.29 Å². The molecule has 16 heavy (non-hydrogen) atoms. The standard InChI is InChI=1S/C12H9BrO2S/c13-12-2-1-11(5-10(12)6-14)15-7-9-3-4-16-8-9/h1-6,8H,7H2. The predicted molar refractivity (Wildman–Crippen MR) is 68.2 cm³/mol. The van der Waals surface area contributed by atoms with E-state index in [1.165, 1.54) is 0 Å². The lowest BCUT2D eigenvalue weighted by Gasteiger charge is -2.06. The molecule has 2 rings (SSSR count).